The average molecular weight is 588 g/mol. The van der Waals surface area contributed by atoms with Crippen LogP contribution in [0, 0.1) is 0 Å². The Balaban J connectivity index is 1.53. The van der Waals surface area contributed by atoms with Gasteiger partial charge in [-0.1, -0.05) is 6.07 Å². The van der Waals surface area contributed by atoms with Crippen LogP contribution in [0.2, 0.25) is 0 Å². The third kappa shape index (κ3) is 11.5. The van der Waals surface area contributed by atoms with E-state index in [1.807, 2.05) is 6.07 Å². The Bertz CT molecular complexity index is 1120. The van der Waals surface area contributed by atoms with Crippen molar-refractivity contribution in [2.24, 2.45) is 0 Å². The summed E-state index contributed by atoms with van der Waals surface area (Å²) < 4.78 is 37.1. The van der Waals surface area contributed by atoms with E-state index in [0.717, 1.165) is 57.2 Å². The van der Waals surface area contributed by atoms with Crippen LogP contribution >= 0.6 is 0 Å². The Labute approximate surface area is 249 Å². The lowest BCUT2D eigenvalue weighted by molar-refractivity contribution is -0.137. The molecule has 0 aliphatic heterocycles. The average Bonchev–Trinajstić information content (AvgIpc) is 3.01. The van der Waals surface area contributed by atoms with E-state index in [4.69, 9.17) is 33.2 Å². The van der Waals surface area contributed by atoms with Gasteiger partial charge < -0.3 is 38.1 Å². The van der Waals surface area contributed by atoms with Crippen LogP contribution in [-0.4, -0.2) is 85.7 Å². The number of methoxy groups -OCH3 is 5. The topological polar surface area (TPSA) is 102 Å². The summed E-state index contributed by atoms with van der Waals surface area (Å²) in [7, 11) is 9.77. The SMILES string of the molecule is COc1ccc(/C=C/C(=O)OCCCCCN(C)CCCCCOC(=O)c2cc(OC)c(OC)c(OC)c2)cc1OC. The molecule has 2 aromatic carbocycles. The summed E-state index contributed by atoms with van der Waals surface area (Å²) in [5.41, 5.74) is 1.18. The van der Waals surface area contributed by atoms with E-state index in [9.17, 15) is 9.59 Å². The monoisotopic (exact) mass is 587 g/mol. The van der Waals surface area contributed by atoms with Gasteiger partial charge in [-0.05, 0) is 94.6 Å². The lowest BCUT2D eigenvalue weighted by atomic mass is 10.2. The zero-order valence-electron chi connectivity index (χ0n) is 25.7. The van der Waals surface area contributed by atoms with E-state index in [1.54, 1.807) is 44.6 Å². The van der Waals surface area contributed by atoms with Crippen LogP contribution in [0.1, 0.15) is 54.4 Å². The minimum Gasteiger partial charge on any atom is -0.493 e. The fourth-order valence-electron chi connectivity index (χ4n) is 4.22. The summed E-state index contributed by atoms with van der Waals surface area (Å²) in [6, 6.07) is 8.60. The van der Waals surface area contributed by atoms with Gasteiger partial charge >= 0.3 is 11.9 Å². The third-order valence-electron chi connectivity index (χ3n) is 6.57. The van der Waals surface area contributed by atoms with Gasteiger partial charge in [0, 0.05) is 6.08 Å². The number of rotatable bonds is 20. The van der Waals surface area contributed by atoms with Gasteiger partial charge in [0.05, 0.1) is 54.3 Å². The molecule has 0 heterocycles. The molecule has 0 saturated heterocycles. The maximum absolute atomic E-state index is 12.5. The molecule has 0 spiro atoms. The van der Waals surface area contributed by atoms with Gasteiger partial charge in [0.2, 0.25) is 5.75 Å². The first-order valence-electron chi connectivity index (χ1n) is 14.1. The van der Waals surface area contributed by atoms with Gasteiger partial charge in [0.1, 0.15) is 0 Å². The summed E-state index contributed by atoms with van der Waals surface area (Å²) in [5, 5.41) is 0. The highest BCUT2D eigenvalue weighted by molar-refractivity contribution is 5.91. The minimum absolute atomic E-state index is 0.349. The Kier molecular flexibility index (Phi) is 15.7. The maximum Gasteiger partial charge on any atom is 0.338 e. The van der Waals surface area contributed by atoms with Crippen LogP contribution in [-0.2, 0) is 14.3 Å². The first-order valence-corrected chi connectivity index (χ1v) is 14.1. The first-order chi connectivity index (χ1) is 20.4. The highest BCUT2D eigenvalue weighted by Crippen LogP contribution is 2.38. The summed E-state index contributed by atoms with van der Waals surface area (Å²) in [4.78, 5) is 26.8. The van der Waals surface area contributed by atoms with E-state index in [0.29, 0.717) is 47.5 Å². The van der Waals surface area contributed by atoms with Crippen LogP contribution in [0.3, 0.4) is 0 Å². The van der Waals surface area contributed by atoms with Crippen molar-refractivity contribution < 1.29 is 42.7 Å². The van der Waals surface area contributed by atoms with Crippen molar-refractivity contribution in [3.8, 4) is 28.7 Å². The van der Waals surface area contributed by atoms with Gasteiger partial charge in [0.15, 0.2) is 23.0 Å². The lowest BCUT2D eigenvalue weighted by Crippen LogP contribution is -2.21. The van der Waals surface area contributed by atoms with Crippen molar-refractivity contribution in [2.75, 3.05) is 68.9 Å². The van der Waals surface area contributed by atoms with Crippen molar-refractivity contribution >= 4 is 18.0 Å². The highest BCUT2D eigenvalue weighted by Gasteiger charge is 2.17. The van der Waals surface area contributed by atoms with Crippen molar-refractivity contribution in [3.05, 3.63) is 47.5 Å². The number of carbonyl (C=O) groups excluding carboxylic acids is 2. The predicted octanol–water partition coefficient (Wildman–Crippen LogP) is 5.42. The second kappa shape index (κ2) is 19.2. The largest absolute Gasteiger partial charge is 0.493 e. The number of esters is 2. The molecule has 10 heteroatoms. The molecule has 0 aliphatic carbocycles. The molecule has 0 unspecified atom stereocenters. The fourth-order valence-corrected chi connectivity index (χ4v) is 4.22. The van der Waals surface area contributed by atoms with Gasteiger partial charge in [-0.25, -0.2) is 9.59 Å². The molecule has 0 aliphatic rings. The maximum atomic E-state index is 12.5. The number of carbonyl (C=O) groups is 2. The van der Waals surface area contributed by atoms with Crippen LogP contribution in [0.5, 0.6) is 28.7 Å². The zero-order chi connectivity index (χ0) is 30.7. The molecule has 0 fully saturated rings. The first kappa shape index (κ1) is 34.3. The molecule has 2 aromatic rings. The molecule has 232 valence electrons. The minimum atomic E-state index is -0.425. The predicted molar refractivity (Wildman–Crippen MR) is 161 cm³/mol. The Hall–Kier alpha value is -3.92. The molecule has 0 amide bonds. The van der Waals surface area contributed by atoms with Crippen LogP contribution in [0.4, 0.5) is 0 Å². The van der Waals surface area contributed by atoms with Crippen molar-refractivity contribution in [3.63, 3.8) is 0 Å². The number of hydrogen-bond donors (Lipinski definition) is 0. The molecule has 0 radical (unpaired) electrons. The number of benzene rings is 2. The fraction of sp³-hybridized carbons (Fsp3) is 0.500. The number of ether oxygens (including phenoxy) is 7. The van der Waals surface area contributed by atoms with Crippen molar-refractivity contribution in [2.45, 2.75) is 38.5 Å². The molecular weight excluding hydrogens is 542 g/mol. The van der Waals surface area contributed by atoms with Gasteiger partial charge in [0.25, 0.3) is 0 Å². The highest BCUT2D eigenvalue weighted by atomic mass is 16.5. The number of hydrogen-bond acceptors (Lipinski definition) is 10. The quantitative estimate of drug-likeness (QED) is 0.113. The Morgan fingerprint density at radius 2 is 1.24 bits per heavy atom. The Morgan fingerprint density at radius 1 is 0.667 bits per heavy atom. The number of nitrogens with zero attached hydrogens (tertiary/aromatic N) is 1. The van der Waals surface area contributed by atoms with E-state index in [2.05, 4.69) is 11.9 Å². The smallest absolute Gasteiger partial charge is 0.338 e. The normalized spacial score (nSPS) is 10.9. The molecule has 10 nitrogen and oxygen atoms in total. The van der Waals surface area contributed by atoms with E-state index >= 15 is 0 Å². The molecule has 0 saturated carbocycles. The standard InChI is InChI=1S/C32H45NO9/c1-33(17-9-7-11-19-41-30(34)16-14-24-13-15-26(36-2)27(21-24)37-3)18-10-8-12-20-42-32(35)25-22-28(38-4)31(40-6)29(23-25)39-5/h13-16,21-23H,7-12,17-20H2,1-6H3/b16-14+. The number of unbranched alkanes of at least 4 members (excludes halogenated alkanes) is 4. The van der Waals surface area contributed by atoms with Crippen molar-refractivity contribution in [1.82, 2.24) is 4.90 Å². The Morgan fingerprint density at radius 3 is 1.79 bits per heavy atom. The molecule has 0 bridgehead atoms. The van der Waals surface area contributed by atoms with Crippen LogP contribution < -0.4 is 23.7 Å². The second-order valence-electron chi connectivity index (χ2n) is 9.59. The van der Waals surface area contributed by atoms with Crippen molar-refractivity contribution in [1.29, 1.82) is 0 Å². The lowest BCUT2D eigenvalue weighted by Gasteiger charge is -2.16. The second-order valence-corrected chi connectivity index (χ2v) is 9.59. The summed E-state index contributed by atoms with van der Waals surface area (Å²) in [6.45, 7) is 2.69. The molecular formula is C32H45NO9. The molecule has 42 heavy (non-hydrogen) atoms. The van der Waals surface area contributed by atoms with E-state index < -0.39 is 5.97 Å². The van der Waals surface area contributed by atoms with E-state index in [1.165, 1.54) is 27.4 Å². The molecule has 0 N–H and O–H groups in total. The molecule has 2 rings (SSSR count). The van der Waals surface area contributed by atoms with Gasteiger partial charge in [-0.3, -0.25) is 0 Å². The summed E-state index contributed by atoms with van der Waals surface area (Å²) in [5.74, 6) is 1.70. The molecule has 0 atom stereocenters. The third-order valence-corrected chi connectivity index (χ3v) is 6.57. The molecule has 0 aromatic heterocycles. The van der Waals surface area contributed by atoms with E-state index in [-0.39, 0.29) is 5.97 Å². The zero-order valence-corrected chi connectivity index (χ0v) is 25.7. The summed E-state index contributed by atoms with van der Waals surface area (Å²) in [6.07, 6.45) is 8.71. The summed E-state index contributed by atoms with van der Waals surface area (Å²) >= 11 is 0. The van der Waals surface area contributed by atoms with Crippen LogP contribution in [0.15, 0.2) is 36.4 Å². The van der Waals surface area contributed by atoms with Gasteiger partial charge in [-0.15, -0.1) is 0 Å². The van der Waals surface area contributed by atoms with Crippen LogP contribution in [0.25, 0.3) is 6.08 Å². The van der Waals surface area contributed by atoms with Gasteiger partial charge in [-0.2, -0.15) is 0 Å².